The standard InChI is InChI=1S/C23H31N3O3/c27-21-19-11-5-12-20(19)26(23(29)18-7-2-1-3-8-18)15-6-14-25(16-13-24-21)22(28)17-9-4-10-17/h1-3,7-8,17,19-20H,4-6,9-16H2,(H,24,27). The normalized spacial score (nSPS) is 26.1. The number of hydrogen-bond acceptors (Lipinski definition) is 3. The van der Waals surface area contributed by atoms with Gasteiger partial charge in [-0.05, 0) is 44.2 Å². The van der Waals surface area contributed by atoms with Gasteiger partial charge in [0.25, 0.3) is 5.91 Å². The molecule has 2 atom stereocenters. The first-order valence-corrected chi connectivity index (χ1v) is 11.1. The lowest BCUT2D eigenvalue weighted by atomic mass is 9.84. The monoisotopic (exact) mass is 397 g/mol. The van der Waals surface area contributed by atoms with Crippen LogP contribution in [0.15, 0.2) is 30.3 Å². The molecule has 3 aliphatic rings. The third-order valence-corrected chi connectivity index (χ3v) is 6.77. The van der Waals surface area contributed by atoms with Crippen molar-refractivity contribution in [1.82, 2.24) is 15.1 Å². The molecule has 3 fully saturated rings. The zero-order valence-electron chi connectivity index (χ0n) is 17.0. The third-order valence-electron chi connectivity index (χ3n) is 6.77. The van der Waals surface area contributed by atoms with E-state index >= 15 is 0 Å². The van der Waals surface area contributed by atoms with Crippen LogP contribution in [0.3, 0.4) is 0 Å². The minimum Gasteiger partial charge on any atom is -0.354 e. The van der Waals surface area contributed by atoms with Crippen LogP contribution in [0.5, 0.6) is 0 Å². The number of hydrogen-bond donors (Lipinski definition) is 1. The van der Waals surface area contributed by atoms with Gasteiger partial charge in [-0.1, -0.05) is 31.0 Å². The van der Waals surface area contributed by atoms with Crippen LogP contribution >= 0.6 is 0 Å². The Morgan fingerprint density at radius 3 is 2.38 bits per heavy atom. The summed E-state index contributed by atoms with van der Waals surface area (Å²) in [5, 5.41) is 3.04. The molecule has 2 aliphatic carbocycles. The summed E-state index contributed by atoms with van der Waals surface area (Å²) in [5.41, 5.74) is 0.663. The molecule has 1 aliphatic heterocycles. The Kier molecular flexibility index (Phi) is 6.16. The van der Waals surface area contributed by atoms with Gasteiger partial charge in [0.15, 0.2) is 0 Å². The van der Waals surface area contributed by atoms with E-state index in [1.807, 2.05) is 40.1 Å². The molecule has 1 N–H and O–H groups in total. The Balaban J connectivity index is 1.54. The van der Waals surface area contributed by atoms with E-state index in [1.165, 1.54) is 0 Å². The van der Waals surface area contributed by atoms with E-state index in [4.69, 9.17) is 0 Å². The fraction of sp³-hybridized carbons (Fsp3) is 0.609. The molecule has 1 heterocycles. The van der Waals surface area contributed by atoms with E-state index < -0.39 is 0 Å². The van der Waals surface area contributed by atoms with Crippen molar-refractivity contribution < 1.29 is 14.4 Å². The van der Waals surface area contributed by atoms with Crippen LogP contribution in [0.2, 0.25) is 0 Å². The third kappa shape index (κ3) is 4.31. The summed E-state index contributed by atoms with van der Waals surface area (Å²) < 4.78 is 0. The predicted octanol–water partition coefficient (Wildman–Crippen LogP) is 2.45. The number of carbonyl (C=O) groups is 3. The molecule has 6 heteroatoms. The smallest absolute Gasteiger partial charge is 0.254 e. The Morgan fingerprint density at radius 2 is 1.66 bits per heavy atom. The molecule has 0 bridgehead atoms. The van der Waals surface area contributed by atoms with Crippen molar-refractivity contribution in [1.29, 1.82) is 0 Å². The van der Waals surface area contributed by atoms with E-state index in [0.29, 0.717) is 31.7 Å². The molecule has 2 saturated carbocycles. The molecule has 156 valence electrons. The van der Waals surface area contributed by atoms with E-state index in [1.54, 1.807) is 0 Å². The lowest BCUT2D eigenvalue weighted by molar-refractivity contribution is -0.138. The summed E-state index contributed by atoms with van der Waals surface area (Å²) in [6, 6.07) is 9.26. The van der Waals surface area contributed by atoms with Crippen molar-refractivity contribution in [2.45, 2.75) is 51.0 Å². The van der Waals surface area contributed by atoms with Gasteiger partial charge in [-0.2, -0.15) is 0 Å². The van der Waals surface area contributed by atoms with Gasteiger partial charge in [-0.25, -0.2) is 0 Å². The van der Waals surface area contributed by atoms with Crippen LogP contribution in [0.4, 0.5) is 0 Å². The van der Waals surface area contributed by atoms with Crippen LogP contribution < -0.4 is 5.32 Å². The molecule has 3 amide bonds. The summed E-state index contributed by atoms with van der Waals surface area (Å²) in [5.74, 6) is 0.224. The minimum absolute atomic E-state index is 0.00795. The predicted molar refractivity (Wildman–Crippen MR) is 110 cm³/mol. The van der Waals surface area contributed by atoms with E-state index in [-0.39, 0.29) is 35.6 Å². The van der Waals surface area contributed by atoms with Gasteiger partial charge in [0.1, 0.15) is 0 Å². The van der Waals surface area contributed by atoms with Crippen molar-refractivity contribution in [3.8, 4) is 0 Å². The summed E-state index contributed by atoms with van der Waals surface area (Å²) in [7, 11) is 0. The Hall–Kier alpha value is -2.37. The molecule has 6 nitrogen and oxygen atoms in total. The molecule has 0 aromatic heterocycles. The van der Waals surface area contributed by atoms with Crippen molar-refractivity contribution in [2.75, 3.05) is 26.2 Å². The molecular weight excluding hydrogens is 366 g/mol. The zero-order valence-corrected chi connectivity index (χ0v) is 17.0. The fourth-order valence-corrected chi connectivity index (χ4v) is 4.91. The maximum atomic E-state index is 13.3. The number of carbonyl (C=O) groups excluding carboxylic acids is 3. The fourth-order valence-electron chi connectivity index (χ4n) is 4.91. The molecule has 1 aromatic rings. The van der Waals surface area contributed by atoms with Crippen molar-refractivity contribution >= 4 is 17.7 Å². The van der Waals surface area contributed by atoms with Gasteiger partial charge in [-0.15, -0.1) is 0 Å². The van der Waals surface area contributed by atoms with Crippen molar-refractivity contribution in [3.05, 3.63) is 35.9 Å². The summed E-state index contributed by atoms with van der Waals surface area (Å²) >= 11 is 0. The van der Waals surface area contributed by atoms with Gasteiger partial charge < -0.3 is 15.1 Å². The lowest BCUT2D eigenvalue weighted by Crippen LogP contribution is -2.47. The molecule has 0 spiro atoms. The maximum Gasteiger partial charge on any atom is 0.254 e. The molecule has 4 rings (SSSR count). The summed E-state index contributed by atoms with van der Waals surface area (Å²) in [4.78, 5) is 42.7. The lowest BCUT2D eigenvalue weighted by Gasteiger charge is -2.33. The minimum atomic E-state index is -0.156. The largest absolute Gasteiger partial charge is 0.354 e. The van der Waals surface area contributed by atoms with E-state index in [9.17, 15) is 14.4 Å². The highest BCUT2D eigenvalue weighted by molar-refractivity contribution is 5.95. The highest BCUT2D eigenvalue weighted by Gasteiger charge is 2.39. The molecular formula is C23H31N3O3. The number of fused-ring (bicyclic) bond motifs is 1. The number of amides is 3. The Bertz CT molecular complexity index is 747. The first-order valence-electron chi connectivity index (χ1n) is 11.1. The van der Waals surface area contributed by atoms with Crippen LogP contribution in [0, 0.1) is 11.8 Å². The second-order valence-electron chi connectivity index (χ2n) is 8.57. The average molecular weight is 398 g/mol. The number of nitrogens with one attached hydrogen (secondary N) is 1. The van der Waals surface area contributed by atoms with Crippen LogP contribution in [-0.4, -0.2) is 59.7 Å². The summed E-state index contributed by atoms with van der Waals surface area (Å²) in [6.07, 6.45) is 6.47. The molecule has 1 saturated heterocycles. The second-order valence-corrected chi connectivity index (χ2v) is 8.57. The number of nitrogens with zero attached hydrogens (tertiary/aromatic N) is 2. The Morgan fingerprint density at radius 1 is 0.897 bits per heavy atom. The molecule has 29 heavy (non-hydrogen) atoms. The molecule has 2 unspecified atom stereocenters. The van der Waals surface area contributed by atoms with Gasteiger partial charge in [-0.3, -0.25) is 14.4 Å². The second kappa shape index (κ2) is 8.97. The molecule has 1 aromatic carbocycles. The quantitative estimate of drug-likeness (QED) is 0.833. The number of benzene rings is 1. The van der Waals surface area contributed by atoms with Crippen molar-refractivity contribution in [2.24, 2.45) is 11.8 Å². The van der Waals surface area contributed by atoms with Crippen LogP contribution in [0.25, 0.3) is 0 Å². The SMILES string of the molecule is O=C1NCCN(C(=O)C2CCC2)CCCN(C(=O)c2ccccc2)C2CCCC12. The topological polar surface area (TPSA) is 69.7 Å². The molecule has 0 radical (unpaired) electrons. The highest BCUT2D eigenvalue weighted by Crippen LogP contribution is 2.32. The van der Waals surface area contributed by atoms with Crippen LogP contribution in [-0.2, 0) is 9.59 Å². The first kappa shape index (κ1) is 19.9. The van der Waals surface area contributed by atoms with E-state index in [0.717, 1.165) is 44.9 Å². The maximum absolute atomic E-state index is 13.3. The van der Waals surface area contributed by atoms with E-state index in [2.05, 4.69) is 5.32 Å². The number of rotatable bonds is 2. The van der Waals surface area contributed by atoms with Crippen LogP contribution in [0.1, 0.15) is 55.3 Å². The van der Waals surface area contributed by atoms with Crippen molar-refractivity contribution in [3.63, 3.8) is 0 Å². The van der Waals surface area contributed by atoms with Gasteiger partial charge >= 0.3 is 0 Å². The zero-order chi connectivity index (χ0) is 20.2. The van der Waals surface area contributed by atoms with Gasteiger partial charge in [0, 0.05) is 43.7 Å². The first-order chi connectivity index (χ1) is 14.1. The van der Waals surface area contributed by atoms with Gasteiger partial charge in [0.05, 0.1) is 5.92 Å². The van der Waals surface area contributed by atoms with Gasteiger partial charge in [0.2, 0.25) is 11.8 Å². The Labute approximate surface area is 172 Å². The summed E-state index contributed by atoms with van der Waals surface area (Å²) in [6.45, 7) is 2.27. The average Bonchev–Trinajstić information content (AvgIpc) is 3.17. The highest BCUT2D eigenvalue weighted by atomic mass is 16.2.